The predicted octanol–water partition coefficient (Wildman–Crippen LogP) is 6.08. The molecule has 0 spiro atoms. The Bertz CT molecular complexity index is 1500. The highest BCUT2D eigenvalue weighted by molar-refractivity contribution is 5.92. The molecule has 0 aromatic carbocycles. The van der Waals surface area contributed by atoms with E-state index in [4.69, 9.17) is 0 Å². The number of amides is 2. The fraction of sp³-hybridized carbons (Fsp3) is 0.607. The number of imidazole rings is 1. The van der Waals surface area contributed by atoms with Gasteiger partial charge in [0.25, 0.3) is 5.91 Å². The minimum Gasteiger partial charge on any atom is -0.349 e. The lowest BCUT2D eigenvalue weighted by Crippen LogP contribution is -2.37. The molecule has 3 aromatic rings. The molecule has 45 heavy (non-hydrogen) atoms. The Hall–Kier alpha value is -3.79. The molecule has 5 rings (SSSR count). The number of alkyl halides is 8. The first kappa shape index (κ1) is 32.6. The molecule has 17 heteroatoms. The van der Waals surface area contributed by atoms with Crippen LogP contribution in [0.4, 0.5) is 35.1 Å². The van der Waals surface area contributed by atoms with Crippen LogP contribution in [0.1, 0.15) is 91.6 Å². The van der Waals surface area contributed by atoms with Gasteiger partial charge in [-0.15, -0.1) is 0 Å². The van der Waals surface area contributed by atoms with Crippen molar-refractivity contribution in [3.05, 3.63) is 47.7 Å². The van der Waals surface area contributed by atoms with E-state index in [-0.39, 0.29) is 24.5 Å². The van der Waals surface area contributed by atoms with Crippen LogP contribution < -0.4 is 10.6 Å². The van der Waals surface area contributed by atoms with Gasteiger partial charge in [-0.2, -0.15) is 36.5 Å². The smallest absolute Gasteiger partial charge is 0.349 e. The lowest BCUT2D eigenvalue weighted by Gasteiger charge is -2.33. The van der Waals surface area contributed by atoms with E-state index in [1.165, 1.54) is 29.2 Å². The Balaban J connectivity index is 1.36. The monoisotopic (exact) mass is 649 g/mol. The van der Waals surface area contributed by atoms with Crippen molar-refractivity contribution >= 4 is 17.5 Å². The molecule has 3 heterocycles. The Labute approximate surface area is 251 Å². The number of hydrogen-bond acceptors (Lipinski definition) is 5. The van der Waals surface area contributed by atoms with Gasteiger partial charge in [-0.3, -0.25) is 14.3 Å². The number of halogens is 8. The number of nitrogens with zero attached hydrogens (tertiary/aromatic N) is 5. The standard InChI is InChI=1S/C28H31F8N7O2/c29-26(30)7-3-17(4-8-26)24(40-25(45)19-6-11-42(41-19)12-10-28(34,35)36)20-15-43-21(38-20)13-18(14-37-43)23(16-1-2-16)39-22(44)5-9-27(31,32)33/h6,11,13-17,23-24H,1-5,7-10,12H2,(H,39,44)(H,40,45)/t23?,24-/m0/s1. The van der Waals surface area contributed by atoms with Crippen molar-refractivity contribution in [2.75, 3.05) is 0 Å². The van der Waals surface area contributed by atoms with Crippen molar-refractivity contribution < 1.29 is 44.7 Å². The Morgan fingerprint density at radius 2 is 1.62 bits per heavy atom. The van der Waals surface area contributed by atoms with Crippen LogP contribution in [0.5, 0.6) is 0 Å². The van der Waals surface area contributed by atoms with Gasteiger partial charge >= 0.3 is 12.4 Å². The molecular weight excluding hydrogens is 618 g/mol. The van der Waals surface area contributed by atoms with Gasteiger partial charge in [0.1, 0.15) is 5.69 Å². The molecule has 2 saturated carbocycles. The SMILES string of the molecule is O=C(CCC(F)(F)F)NC(c1cnn2cc([C@@H](NC(=O)c3ccn(CCC(F)(F)F)n3)C3CCC(F)(F)CC3)nc2c1)C1CC1. The van der Waals surface area contributed by atoms with Crippen LogP contribution in [-0.2, 0) is 11.3 Å². The second kappa shape index (κ2) is 12.5. The number of carbonyl (C=O) groups is 2. The quantitative estimate of drug-likeness (QED) is 0.245. The van der Waals surface area contributed by atoms with E-state index in [1.54, 1.807) is 6.07 Å². The molecule has 3 aromatic heterocycles. The average Bonchev–Trinajstić information content (AvgIpc) is 3.52. The number of nitrogens with one attached hydrogen (secondary N) is 2. The van der Waals surface area contributed by atoms with Crippen molar-refractivity contribution in [1.29, 1.82) is 0 Å². The lowest BCUT2D eigenvalue weighted by atomic mass is 9.81. The molecule has 0 saturated heterocycles. The normalized spacial score (nSPS) is 18.9. The zero-order valence-electron chi connectivity index (χ0n) is 23.8. The number of rotatable bonds is 11. The van der Waals surface area contributed by atoms with Gasteiger partial charge in [-0.1, -0.05) is 0 Å². The molecule has 1 unspecified atom stereocenters. The van der Waals surface area contributed by atoms with Gasteiger partial charge in [0.15, 0.2) is 5.65 Å². The summed E-state index contributed by atoms with van der Waals surface area (Å²) >= 11 is 0. The third-order valence-electron chi connectivity index (χ3n) is 8.10. The predicted molar refractivity (Wildman–Crippen MR) is 142 cm³/mol. The minimum atomic E-state index is -4.47. The summed E-state index contributed by atoms with van der Waals surface area (Å²) in [6.45, 7) is -0.483. The molecule has 2 aliphatic carbocycles. The van der Waals surface area contributed by atoms with E-state index in [9.17, 15) is 44.7 Å². The summed E-state index contributed by atoms with van der Waals surface area (Å²) in [5, 5.41) is 13.7. The number of aromatic nitrogens is 5. The number of carbonyl (C=O) groups excluding carboxylic acids is 2. The van der Waals surface area contributed by atoms with E-state index >= 15 is 0 Å². The maximum atomic E-state index is 14.0. The second-order valence-electron chi connectivity index (χ2n) is 11.7. The maximum absolute atomic E-state index is 14.0. The molecular formula is C28H31F8N7O2. The van der Waals surface area contributed by atoms with Crippen molar-refractivity contribution in [2.45, 2.75) is 94.7 Å². The van der Waals surface area contributed by atoms with Gasteiger partial charge in [0.2, 0.25) is 11.8 Å². The summed E-state index contributed by atoms with van der Waals surface area (Å²) in [6, 6.07) is 1.45. The van der Waals surface area contributed by atoms with E-state index in [1.807, 2.05) is 0 Å². The van der Waals surface area contributed by atoms with Crippen molar-refractivity contribution in [1.82, 2.24) is 35.0 Å². The third kappa shape index (κ3) is 8.90. The maximum Gasteiger partial charge on any atom is 0.390 e. The molecule has 9 nitrogen and oxygen atoms in total. The molecule has 2 fully saturated rings. The van der Waals surface area contributed by atoms with Crippen LogP contribution in [0, 0.1) is 11.8 Å². The van der Waals surface area contributed by atoms with E-state index < -0.39 is 86.7 Å². The van der Waals surface area contributed by atoms with Crippen molar-refractivity contribution in [3.63, 3.8) is 0 Å². The van der Waals surface area contributed by atoms with Gasteiger partial charge < -0.3 is 10.6 Å². The topological polar surface area (TPSA) is 106 Å². The van der Waals surface area contributed by atoms with Crippen LogP contribution in [0.15, 0.2) is 30.7 Å². The zero-order valence-corrected chi connectivity index (χ0v) is 23.8. The first-order valence-corrected chi connectivity index (χ1v) is 14.6. The van der Waals surface area contributed by atoms with Crippen molar-refractivity contribution in [2.24, 2.45) is 11.8 Å². The molecule has 2 N–H and O–H groups in total. The number of hydrogen-bond donors (Lipinski definition) is 2. The van der Waals surface area contributed by atoms with Crippen LogP contribution in [-0.4, -0.2) is 54.5 Å². The highest BCUT2D eigenvalue weighted by Gasteiger charge is 2.40. The Morgan fingerprint density at radius 3 is 2.27 bits per heavy atom. The Morgan fingerprint density at radius 1 is 0.956 bits per heavy atom. The molecule has 0 bridgehead atoms. The molecule has 0 aliphatic heterocycles. The van der Waals surface area contributed by atoms with Crippen LogP contribution >= 0.6 is 0 Å². The summed E-state index contributed by atoms with van der Waals surface area (Å²) in [7, 11) is 0. The molecule has 2 amide bonds. The minimum absolute atomic E-state index is 0.0189. The summed E-state index contributed by atoms with van der Waals surface area (Å²) in [5.74, 6) is -4.74. The van der Waals surface area contributed by atoms with Crippen LogP contribution in [0.25, 0.3) is 5.65 Å². The molecule has 246 valence electrons. The Kier molecular flexibility index (Phi) is 9.08. The van der Waals surface area contributed by atoms with E-state index in [0.29, 0.717) is 16.9 Å². The zero-order chi connectivity index (χ0) is 32.6. The highest BCUT2D eigenvalue weighted by Crippen LogP contribution is 2.43. The van der Waals surface area contributed by atoms with Crippen LogP contribution in [0.3, 0.4) is 0 Å². The second-order valence-corrected chi connectivity index (χ2v) is 11.7. The highest BCUT2D eigenvalue weighted by atomic mass is 19.4. The number of aryl methyl sites for hydroxylation is 1. The first-order chi connectivity index (χ1) is 21.1. The molecule has 2 atom stereocenters. The van der Waals surface area contributed by atoms with E-state index in [0.717, 1.165) is 17.5 Å². The summed E-state index contributed by atoms with van der Waals surface area (Å²) in [5.41, 5.74) is 0.984. The van der Waals surface area contributed by atoms with Gasteiger partial charge in [0.05, 0.1) is 43.0 Å². The summed E-state index contributed by atoms with van der Waals surface area (Å²) < 4.78 is 106. The van der Waals surface area contributed by atoms with Gasteiger partial charge in [-0.05, 0) is 55.2 Å². The van der Waals surface area contributed by atoms with Gasteiger partial charge in [0, 0.05) is 32.0 Å². The first-order valence-electron chi connectivity index (χ1n) is 14.6. The van der Waals surface area contributed by atoms with Crippen molar-refractivity contribution in [3.8, 4) is 0 Å². The molecule has 2 aliphatic rings. The van der Waals surface area contributed by atoms with Crippen LogP contribution in [0.2, 0.25) is 0 Å². The molecule has 0 radical (unpaired) electrons. The van der Waals surface area contributed by atoms with Gasteiger partial charge in [-0.25, -0.2) is 18.3 Å². The van der Waals surface area contributed by atoms with E-state index in [2.05, 4.69) is 25.8 Å². The average molecular weight is 650 g/mol. The lowest BCUT2D eigenvalue weighted by molar-refractivity contribution is -0.144. The fourth-order valence-corrected chi connectivity index (χ4v) is 5.53. The fourth-order valence-electron chi connectivity index (χ4n) is 5.53. The third-order valence-corrected chi connectivity index (χ3v) is 8.10. The summed E-state index contributed by atoms with van der Waals surface area (Å²) in [4.78, 5) is 30.0. The summed E-state index contributed by atoms with van der Waals surface area (Å²) in [6.07, 6.45) is -6.87. The number of fused-ring (bicyclic) bond motifs is 1. The largest absolute Gasteiger partial charge is 0.390 e.